The average molecular weight is 689 g/mol. The van der Waals surface area contributed by atoms with Crippen LogP contribution >= 0.6 is 11.3 Å². The summed E-state index contributed by atoms with van der Waals surface area (Å²) in [6.45, 7) is 13.5. The number of nitrogens with two attached hydrogens (primary N) is 1. The molecule has 4 aliphatic rings. The lowest BCUT2D eigenvalue weighted by Gasteiger charge is -2.35. The first kappa shape index (κ1) is 38.6. The van der Waals surface area contributed by atoms with Crippen molar-refractivity contribution >= 4 is 49.4 Å². The van der Waals surface area contributed by atoms with Gasteiger partial charge in [-0.05, 0) is 75.8 Å². The van der Waals surface area contributed by atoms with Gasteiger partial charge in [-0.2, -0.15) is 5.26 Å². The highest BCUT2D eigenvalue weighted by Crippen LogP contribution is 2.51. The molecule has 3 aliphatic heterocycles. The Kier molecular flexibility index (Phi) is 13.5. The number of likely N-dealkylation sites (tertiary alicyclic amines) is 1. The first-order chi connectivity index (χ1) is 23.4. The van der Waals surface area contributed by atoms with Crippen molar-refractivity contribution in [2.45, 2.75) is 91.1 Å². The minimum absolute atomic E-state index is 0.170. The maximum Gasteiger partial charge on any atom is 0.199 e. The Morgan fingerprint density at radius 2 is 1.92 bits per heavy atom. The predicted molar refractivity (Wildman–Crippen MR) is 198 cm³/mol. The molecule has 4 radical (unpaired) electrons. The molecule has 49 heavy (non-hydrogen) atoms. The van der Waals surface area contributed by atoms with Crippen LogP contribution in [0.5, 0.6) is 0 Å². The van der Waals surface area contributed by atoms with E-state index in [4.69, 9.17) is 31.2 Å². The number of aliphatic imine (C=N–C) groups is 1. The molecule has 260 valence electrons. The van der Waals surface area contributed by atoms with Gasteiger partial charge in [0.1, 0.15) is 44.5 Å². The summed E-state index contributed by atoms with van der Waals surface area (Å²) in [5, 5.41) is 22.9. The summed E-state index contributed by atoms with van der Waals surface area (Å²) in [4.78, 5) is 8.89. The minimum atomic E-state index is -1.65. The van der Waals surface area contributed by atoms with E-state index >= 15 is 8.78 Å². The van der Waals surface area contributed by atoms with Gasteiger partial charge < -0.3 is 25.8 Å². The Morgan fingerprint density at radius 1 is 1.22 bits per heavy atom. The van der Waals surface area contributed by atoms with Gasteiger partial charge in [-0.25, -0.2) is 13.8 Å². The number of hydrogen-bond donors (Lipinski definition) is 3. The molecule has 1 aromatic heterocycles. The number of aliphatic hydroxyl groups is 1. The molecule has 1 atom stereocenters. The fraction of sp³-hybridized carbons (Fsp3) is 0.556. The van der Waals surface area contributed by atoms with E-state index in [1.165, 1.54) is 6.08 Å². The van der Waals surface area contributed by atoms with Crippen molar-refractivity contribution in [1.82, 2.24) is 15.1 Å². The molecule has 4 heterocycles. The molecule has 4 N–H and O–H groups in total. The largest absolute Gasteiger partial charge is 0.395 e. The van der Waals surface area contributed by atoms with E-state index in [0.717, 1.165) is 98.3 Å². The molecule has 0 amide bonds. The van der Waals surface area contributed by atoms with Crippen LogP contribution in [0.25, 0.3) is 11.4 Å². The third-order valence-electron chi connectivity index (χ3n) is 9.30. The number of nitriles is 1. The van der Waals surface area contributed by atoms with Gasteiger partial charge in [-0.1, -0.05) is 45.3 Å². The number of allylic oxidation sites excluding steroid dienone is 3. The highest BCUT2D eigenvalue weighted by molar-refractivity contribution is 7.17. The minimum Gasteiger partial charge on any atom is -0.395 e. The van der Waals surface area contributed by atoms with Gasteiger partial charge in [0.2, 0.25) is 0 Å². The predicted octanol–water partition coefficient (Wildman–Crippen LogP) is 6.42. The number of nitrogens with zero attached hydrogens (tertiary/aromatic N) is 4. The number of anilines is 1. The average Bonchev–Trinajstić information content (AvgIpc) is 3.86. The Balaban J connectivity index is 0.000000355. The molecule has 0 spiro atoms. The van der Waals surface area contributed by atoms with Crippen molar-refractivity contribution in [2.75, 3.05) is 45.1 Å². The van der Waals surface area contributed by atoms with Crippen LogP contribution in [-0.2, 0) is 4.74 Å². The summed E-state index contributed by atoms with van der Waals surface area (Å²) >= 11 is 1.01. The molecule has 1 fully saturated rings. The molecule has 1 unspecified atom stereocenters. The molecular weight excluding hydrogens is 640 g/mol. The lowest BCUT2D eigenvalue weighted by atomic mass is 9.71. The molecule has 1 saturated heterocycles. The number of ether oxygens (including phenoxy) is 1. The first-order valence-corrected chi connectivity index (χ1v) is 18.1. The second-order valence-electron chi connectivity index (χ2n) is 12.7. The molecule has 0 bridgehead atoms. The third-order valence-corrected chi connectivity index (χ3v) is 10.3. The first-order valence-electron chi connectivity index (χ1n) is 17.3. The smallest absolute Gasteiger partial charge is 0.199 e. The monoisotopic (exact) mass is 688 g/mol. The number of nitrogens with one attached hydrogen (secondary N) is 1. The number of thiophene rings is 1. The van der Waals surface area contributed by atoms with Crippen LogP contribution in [0.1, 0.15) is 95.6 Å². The van der Waals surface area contributed by atoms with Gasteiger partial charge in [-0.3, -0.25) is 4.90 Å². The zero-order valence-corrected chi connectivity index (χ0v) is 30.3. The van der Waals surface area contributed by atoms with Gasteiger partial charge in [0.15, 0.2) is 5.96 Å². The summed E-state index contributed by atoms with van der Waals surface area (Å²) in [5.74, 6) is -0.239. The topological polar surface area (TPSA) is 110 Å². The standard InChI is InChI=1S/C27H29F2N5OS.C9H19B2NO/c1-4-14(3)20(22-15(10-30)26(31)36-25(22)19(28)5-2)21-18-13-35-12-17(18)16-11-32-27(33-24(16)23(21)29)34-8-6-7-9-34;1-3-5-6-8-12(7-4-2)9(10,11)13/h5,11,24H,4,6-9,12-13,31H2,1-3H3,(H,32,33);13H,3-8H2,1-2H3/b19-5+,20-14+;. The van der Waals surface area contributed by atoms with Crippen LogP contribution in [0.2, 0.25) is 0 Å². The number of rotatable bonds is 11. The van der Waals surface area contributed by atoms with Crippen molar-refractivity contribution in [3.8, 4) is 6.07 Å². The number of guanidine groups is 1. The lowest BCUT2D eigenvalue weighted by molar-refractivity contribution is 0.0298. The van der Waals surface area contributed by atoms with E-state index in [1.54, 1.807) is 11.8 Å². The van der Waals surface area contributed by atoms with Gasteiger partial charge in [-0.15, -0.1) is 11.3 Å². The second-order valence-corrected chi connectivity index (χ2v) is 13.8. The summed E-state index contributed by atoms with van der Waals surface area (Å²) in [7, 11) is 10.8. The fourth-order valence-electron chi connectivity index (χ4n) is 6.58. The maximum atomic E-state index is 16.7. The highest BCUT2D eigenvalue weighted by atomic mass is 32.1. The molecule has 5 rings (SSSR count). The Hall–Kier alpha value is -3.17. The normalized spacial score (nSPS) is 19.9. The molecular formula is C36H48B2F2N6O2S. The van der Waals surface area contributed by atoms with Crippen LogP contribution in [0.3, 0.4) is 0 Å². The quantitative estimate of drug-likeness (QED) is 0.140. The molecule has 1 aliphatic carbocycles. The number of hydrogen-bond acceptors (Lipinski definition) is 9. The van der Waals surface area contributed by atoms with E-state index in [2.05, 4.69) is 23.2 Å². The van der Waals surface area contributed by atoms with Crippen LogP contribution in [0.15, 0.2) is 51.0 Å². The van der Waals surface area contributed by atoms with E-state index in [1.807, 2.05) is 27.0 Å². The van der Waals surface area contributed by atoms with Crippen LogP contribution in [-0.4, -0.2) is 87.5 Å². The van der Waals surface area contributed by atoms with E-state index in [-0.39, 0.29) is 22.0 Å². The van der Waals surface area contributed by atoms with Crippen molar-refractivity contribution in [3.63, 3.8) is 0 Å². The van der Waals surface area contributed by atoms with Crippen LogP contribution in [0.4, 0.5) is 13.8 Å². The van der Waals surface area contributed by atoms with Crippen molar-refractivity contribution in [2.24, 2.45) is 4.99 Å². The molecule has 8 nitrogen and oxygen atoms in total. The Bertz CT molecular complexity index is 1610. The number of nitrogen functional groups attached to an aromatic ring is 1. The van der Waals surface area contributed by atoms with Crippen LogP contribution in [0, 0.1) is 11.3 Å². The van der Waals surface area contributed by atoms with Crippen molar-refractivity contribution < 1.29 is 18.6 Å². The second kappa shape index (κ2) is 17.2. The molecule has 1 aromatic rings. The molecule has 13 heteroatoms. The lowest BCUT2D eigenvalue weighted by Crippen LogP contribution is -2.50. The van der Waals surface area contributed by atoms with Crippen molar-refractivity contribution in [3.05, 3.63) is 62.0 Å². The van der Waals surface area contributed by atoms with Gasteiger partial charge >= 0.3 is 0 Å². The van der Waals surface area contributed by atoms with Gasteiger partial charge in [0, 0.05) is 41.5 Å². The zero-order chi connectivity index (χ0) is 35.9. The Labute approximate surface area is 297 Å². The maximum absolute atomic E-state index is 16.7. The number of fused-ring (bicyclic) bond motifs is 2. The number of halogens is 2. The Morgan fingerprint density at radius 3 is 2.51 bits per heavy atom. The van der Waals surface area contributed by atoms with Crippen LogP contribution < -0.4 is 11.1 Å². The number of unbranched alkanes of at least 4 members (excludes halogenated alkanes) is 2. The SMILES string of the molecule is C/C=C(/F)c1sc(N)c(C#N)c1/C(C1=C(F)C2N=C(N3CCCC3)NC=C2C2=C1COC2)=C(\C)CC.[B]C([B])(O)N(CCC)CCCCC. The summed E-state index contributed by atoms with van der Waals surface area (Å²) in [6.07, 6.45) is 10.2. The van der Waals surface area contributed by atoms with Gasteiger partial charge in [0.05, 0.1) is 23.7 Å². The highest BCUT2D eigenvalue weighted by Gasteiger charge is 2.41. The fourth-order valence-corrected chi connectivity index (χ4v) is 7.57. The summed E-state index contributed by atoms with van der Waals surface area (Å²) in [5.41, 5.74) is 9.13. The van der Waals surface area contributed by atoms with Gasteiger partial charge in [0.25, 0.3) is 0 Å². The molecule has 0 aromatic carbocycles. The summed E-state index contributed by atoms with van der Waals surface area (Å²) < 4.78 is 37.6. The van der Waals surface area contributed by atoms with E-state index in [0.29, 0.717) is 35.7 Å². The summed E-state index contributed by atoms with van der Waals surface area (Å²) in [6, 6.07) is 1.32. The van der Waals surface area contributed by atoms with E-state index in [9.17, 15) is 10.4 Å². The molecule has 0 saturated carbocycles. The zero-order valence-electron chi connectivity index (χ0n) is 29.5. The third kappa shape index (κ3) is 8.42. The van der Waals surface area contributed by atoms with E-state index < -0.39 is 23.2 Å². The van der Waals surface area contributed by atoms with Crippen molar-refractivity contribution in [1.29, 1.82) is 5.26 Å².